The van der Waals surface area contributed by atoms with Crippen molar-refractivity contribution in [2.75, 3.05) is 18.5 Å². The minimum atomic E-state index is -0.833. The van der Waals surface area contributed by atoms with Gasteiger partial charge in [-0.2, -0.15) is 0 Å². The first kappa shape index (κ1) is 19.0. The average molecular weight is 373 g/mol. The largest absolute Gasteiger partial charge is 0.460 e. The molecule has 1 amide bonds. The number of carbonyl (C=O) groups excluding carboxylic acids is 2. The van der Waals surface area contributed by atoms with Crippen LogP contribution in [0, 0.1) is 5.92 Å². The van der Waals surface area contributed by atoms with Crippen molar-refractivity contribution in [3.63, 3.8) is 0 Å². The average Bonchev–Trinajstić information content (AvgIpc) is 3.33. The summed E-state index contributed by atoms with van der Waals surface area (Å²) in [4.78, 5) is 30.9. The Balaban J connectivity index is 1.66. The van der Waals surface area contributed by atoms with Gasteiger partial charge in [-0.3, -0.25) is 10.2 Å². The number of nitrogens with zero attached hydrogens (tertiary/aromatic N) is 2. The van der Waals surface area contributed by atoms with Crippen molar-refractivity contribution in [2.45, 2.75) is 38.0 Å². The monoisotopic (exact) mass is 373 g/mol. The van der Waals surface area contributed by atoms with Crippen LogP contribution in [0.5, 0.6) is 0 Å². The summed E-state index contributed by atoms with van der Waals surface area (Å²) in [5.41, 5.74) is 0.820. The van der Waals surface area contributed by atoms with Gasteiger partial charge in [-0.05, 0) is 37.8 Å². The molecule has 0 spiro atoms. The second kappa shape index (κ2) is 7.87. The van der Waals surface area contributed by atoms with Gasteiger partial charge in [0.2, 0.25) is 11.6 Å². The maximum Gasteiger partial charge on any atom is 0.329 e. The molecule has 27 heavy (non-hydrogen) atoms. The number of aromatic nitrogens is 1. The number of hydrogen-bond acceptors (Lipinski definition) is 6. The second-order valence-electron chi connectivity index (χ2n) is 6.92. The van der Waals surface area contributed by atoms with E-state index in [0.717, 1.165) is 6.42 Å². The molecule has 8 nitrogen and oxygen atoms in total. The number of esters is 1. The Kier molecular flexibility index (Phi) is 5.55. The summed E-state index contributed by atoms with van der Waals surface area (Å²) in [5.74, 6) is 0.217. The Bertz CT molecular complexity index is 764. The summed E-state index contributed by atoms with van der Waals surface area (Å²) in [5, 5.41) is 18.6. The molecule has 144 valence electrons. The van der Waals surface area contributed by atoms with Crippen molar-refractivity contribution < 1.29 is 24.8 Å². The van der Waals surface area contributed by atoms with Gasteiger partial charge in [0.1, 0.15) is 24.6 Å². The smallest absolute Gasteiger partial charge is 0.329 e. The van der Waals surface area contributed by atoms with Gasteiger partial charge in [-0.25, -0.2) is 9.78 Å². The number of piperidine rings is 1. The number of anilines is 1. The van der Waals surface area contributed by atoms with Crippen LogP contribution in [0.15, 0.2) is 31.0 Å². The molecular weight excluding hydrogens is 348 g/mol. The van der Waals surface area contributed by atoms with E-state index in [0.29, 0.717) is 23.7 Å². The number of ether oxygens (including phenoxy) is 1. The van der Waals surface area contributed by atoms with Gasteiger partial charge >= 0.3 is 5.97 Å². The highest BCUT2D eigenvalue weighted by Crippen LogP contribution is 2.48. The minimum absolute atomic E-state index is 0.0223. The predicted octanol–water partition coefficient (Wildman–Crippen LogP) is -0.859. The molecule has 1 aromatic rings. The van der Waals surface area contributed by atoms with E-state index in [9.17, 15) is 14.7 Å². The Hall–Kier alpha value is -2.74. The molecular formula is C19H25N4O4+. The summed E-state index contributed by atoms with van der Waals surface area (Å²) in [7, 11) is 0. The third-order valence-electron chi connectivity index (χ3n) is 4.98. The zero-order chi connectivity index (χ0) is 19.6. The van der Waals surface area contributed by atoms with E-state index in [1.165, 1.54) is 6.08 Å². The van der Waals surface area contributed by atoms with Crippen LogP contribution in [0.1, 0.15) is 25.3 Å². The SMILES string of the molecule is C=CCOC(=O)C1C[C@H]2C[C@H]2N1C(=O)CNc1ncccc1C(=[NH2+])C(C)O. The number of nitrogens with two attached hydrogens (primary N) is 1. The summed E-state index contributed by atoms with van der Waals surface area (Å²) < 4.78 is 5.13. The highest BCUT2D eigenvalue weighted by molar-refractivity contribution is 6.03. The molecule has 1 saturated heterocycles. The van der Waals surface area contributed by atoms with E-state index >= 15 is 0 Å². The fourth-order valence-corrected chi connectivity index (χ4v) is 3.52. The minimum Gasteiger partial charge on any atom is -0.460 e. The van der Waals surface area contributed by atoms with Crippen molar-refractivity contribution in [1.29, 1.82) is 0 Å². The molecule has 1 aromatic heterocycles. The second-order valence-corrected chi connectivity index (χ2v) is 6.92. The van der Waals surface area contributed by atoms with Gasteiger partial charge in [-0.15, -0.1) is 0 Å². The van der Waals surface area contributed by atoms with Gasteiger partial charge < -0.3 is 20.1 Å². The number of fused-ring (bicyclic) bond motifs is 1. The topological polar surface area (TPSA) is 117 Å². The Morgan fingerprint density at radius 1 is 1.56 bits per heavy atom. The normalized spacial score (nSPS) is 23.9. The zero-order valence-electron chi connectivity index (χ0n) is 15.3. The van der Waals surface area contributed by atoms with E-state index in [4.69, 9.17) is 10.1 Å². The quantitative estimate of drug-likeness (QED) is 0.310. The van der Waals surface area contributed by atoms with Crippen LogP contribution in [0.4, 0.5) is 5.82 Å². The molecule has 8 heteroatoms. The zero-order valence-corrected chi connectivity index (χ0v) is 15.3. The molecule has 1 aliphatic carbocycles. The first-order chi connectivity index (χ1) is 12.9. The highest BCUT2D eigenvalue weighted by atomic mass is 16.5. The van der Waals surface area contributed by atoms with Crippen molar-refractivity contribution in [3.8, 4) is 0 Å². The lowest BCUT2D eigenvalue weighted by Crippen LogP contribution is -2.47. The van der Waals surface area contributed by atoms with E-state index < -0.39 is 12.1 Å². The van der Waals surface area contributed by atoms with E-state index in [1.54, 1.807) is 30.2 Å². The first-order valence-electron chi connectivity index (χ1n) is 9.02. The fraction of sp³-hybridized carbons (Fsp3) is 0.474. The number of pyridine rings is 1. The highest BCUT2D eigenvalue weighted by Gasteiger charge is 2.56. The number of amides is 1. The number of likely N-dealkylation sites (tertiary alicyclic amines) is 1. The van der Waals surface area contributed by atoms with Crippen LogP contribution in [-0.4, -0.2) is 63.9 Å². The van der Waals surface area contributed by atoms with Gasteiger partial charge in [0.25, 0.3) is 0 Å². The molecule has 3 rings (SSSR count). The molecule has 1 saturated carbocycles. The van der Waals surface area contributed by atoms with Crippen LogP contribution in [0.3, 0.4) is 0 Å². The molecule has 2 fully saturated rings. The number of aliphatic hydroxyl groups excluding tert-OH is 1. The summed E-state index contributed by atoms with van der Waals surface area (Å²) in [6, 6.07) is 3.00. The van der Waals surface area contributed by atoms with Gasteiger partial charge in [0.05, 0.1) is 12.1 Å². The van der Waals surface area contributed by atoms with Gasteiger partial charge in [0, 0.05) is 12.2 Å². The Morgan fingerprint density at radius 2 is 2.33 bits per heavy atom. The van der Waals surface area contributed by atoms with Crippen LogP contribution >= 0.6 is 0 Å². The molecule has 0 aromatic carbocycles. The van der Waals surface area contributed by atoms with E-state index in [1.807, 2.05) is 0 Å². The molecule has 1 aliphatic heterocycles. The third kappa shape index (κ3) is 4.00. The van der Waals surface area contributed by atoms with Crippen molar-refractivity contribution in [3.05, 3.63) is 36.5 Å². The Morgan fingerprint density at radius 3 is 3.04 bits per heavy atom. The van der Waals surface area contributed by atoms with E-state index in [-0.39, 0.29) is 36.8 Å². The maximum absolute atomic E-state index is 12.8. The summed E-state index contributed by atoms with van der Waals surface area (Å²) in [6.07, 6.45) is 3.82. The van der Waals surface area contributed by atoms with Crippen molar-refractivity contribution in [1.82, 2.24) is 9.88 Å². The molecule has 2 aliphatic rings. The number of nitrogens with one attached hydrogen (secondary N) is 1. The number of carbonyl (C=O) groups is 2. The van der Waals surface area contributed by atoms with Gasteiger partial charge in [-0.1, -0.05) is 12.7 Å². The lowest BCUT2D eigenvalue weighted by Gasteiger charge is -2.26. The molecule has 0 bridgehead atoms. The molecule has 2 heterocycles. The lowest BCUT2D eigenvalue weighted by molar-refractivity contribution is -0.153. The third-order valence-corrected chi connectivity index (χ3v) is 4.98. The number of hydrogen-bond donors (Lipinski definition) is 3. The molecule has 4 N–H and O–H groups in total. The maximum atomic E-state index is 12.8. The number of rotatable bonds is 8. The molecule has 4 atom stereocenters. The van der Waals surface area contributed by atoms with Gasteiger partial charge in [0.15, 0.2) is 0 Å². The predicted molar refractivity (Wildman–Crippen MR) is 98.7 cm³/mol. The molecule has 0 radical (unpaired) electrons. The van der Waals surface area contributed by atoms with Crippen LogP contribution in [-0.2, 0) is 14.3 Å². The Labute approximate surface area is 157 Å². The standard InChI is InChI=1S/C19H24N4O4/c1-3-7-27-19(26)15-9-12-8-14(12)23(15)16(25)10-22-18-13(5-4-6-21-18)17(20)11(2)24/h3-6,11-12,14-15,20,24H,1,7-10H2,2H3,(H,21,22)/p+1/t11?,12-,14-,15?/m1/s1. The van der Waals surface area contributed by atoms with E-state index in [2.05, 4.69) is 16.9 Å². The van der Waals surface area contributed by atoms with Crippen molar-refractivity contribution >= 4 is 23.4 Å². The first-order valence-corrected chi connectivity index (χ1v) is 9.02. The summed E-state index contributed by atoms with van der Waals surface area (Å²) in [6.45, 7) is 5.21. The van der Waals surface area contributed by atoms with Crippen LogP contribution in [0.25, 0.3) is 0 Å². The fourth-order valence-electron chi connectivity index (χ4n) is 3.52. The molecule has 2 unspecified atom stereocenters. The lowest BCUT2D eigenvalue weighted by atomic mass is 10.1. The van der Waals surface area contributed by atoms with Crippen LogP contribution in [0.2, 0.25) is 0 Å². The van der Waals surface area contributed by atoms with Crippen molar-refractivity contribution in [2.24, 2.45) is 5.92 Å². The summed E-state index contributed by atoms with van der Waals surface area (Å²) >= 11 is 0. The number of aliphatic hydroxyl groups is 1. The van der Waals surface area contributed by atoms with Crippen LogP contribution < -0.4 is 10.7 Å².